The number of aliphatic hydroxyl groups excluding tert-OH is 1. The average Bonchev–Trinajstić information content (AvgIpc) is 2.88. The van der Waals surface area contributed by atoms with Crippen molar-refractivity contribution in [3.63, 3.8) is 0 Å². The summed E-state index contributed by atoms with van der Waals surface area (Å²) in [5, 5.41) is 13.7. The van der Waals surface area contributed by atoms with Gasteiger partial charge in [0.1, 0.15) is 0 Å². The molecule has 1 heterocycles. The molecule has 0 saturated carbocycles. The fourth-order valence-corrected chi connectivity index (χ4v) is 2.31. The van der Waals surface area contributed by atoms with Gasteiger partial charge in [-0.15, -0.1) is 0 Å². The third kappa shape index (κ3) is 4.91. The van der Waals surface area contributed by atoms with Crippen LogP contribution in [0.15, 0.2) is 28.8 Å². The molecule has 0 aliphatic rings. The van der Waals surface area contributed by atoms with E-state index in [1.54, 1.807) is 7.11 Å². The lowest BCUT2D eigenvalue weighted by atomic mass is 10.1. The lowest BCUT2D eigenvalue weighted by molar-refractivity contribution is 0.0400. The molecule has 6 heteroatoms. The zero-order chi connectivity index (χ0) is 15.9. The SMILES string of the molecule is COCC(O)CN(C)Cc1nc(Cc2ccccc2C)no1. The van der Waals surface area contributed by atoms with Crippen molar-refractivity contribution in [3.8, 4) is 0 Å². The highest BCUT2D eigenvalue weighted by molar-refractivity contribution is 5.27. The Bertz CT molecular complexity index is 586. The van der Waals surface area contributed by atoms with Crippen LogP contribution in [0.2, 0.25) is 0 Å². The number of hydrogen-bond acceptors (Lipinski definition) is 6. The molecular weight excluding hydrogens is 282 g/mol. The van der Waals surface area contributed by atoms with Crippen LogP contribution in [0.4, 0.5) is 0 Å². The number of methoxy groups -OCH3 is 1. The Kier molecular flexibility index (Phi) is 6.06. The molecule has 0 aliphatic carbocycles. The highest BCUT2D eigenvalue weighted by Crippen LogP contribution is 2.12. The Labute approximate surface area is 130 Å². The van der Waals surface area contributed by atoms with Crippen molar-refractivity contribution >= 4 is 0 Å². The molecule has 2 rings (SSSR count). The maximum absolute atomic E-state index is 9.69. The van der Waals surface area contributed by atoms with Crippen LogP contribution in [0.5, 0.6) is 0 Å². The second kappa shape index (κ2) is 8.03. The Morgan fingerprint density at radius 2 is 2.14 bits per heavy atom. The molecule has 0 aliphatic heterocycles. The third-order valence-corrected chi connectivity index (χ3v) is 3.41. The largest absolute Gasteiger partial charge is 0.389 e. The van der Waals surface area contributed by atoms with Crippen LogP contribution in [0.3, 0.4) is 0 Å². The first kappa shape index (κ1) is 16.6. The van der Waals surface area contributed by atoms with E-state index in [0.717, 1.165) is 0 Å². The van der Waals surface area contributed by atoms with E-state index in [1.807, 2.05) is 24.1 Å². The second-order valence-electron chi connectivity index (χ2n) is 5.51. The number of nitrogens with zero attached hydrogens (tertiary/aromatic N) is 3. The van der Waals surface area contributed by atoms with Crippen LogP contribution in [0.1, 0.15) is 22.8 Å². The molecule has 0 amide bonds. The Balaban J connectivity index is 1.90. The summed E-state index contributed by atoms with van der Waals surface area (Å²) < 4.78 is 10.2. The summed E-state index contributed by atoms with van der Waals surface area (Å²) in [6.45, 7) is 3.37. The van der Waals surface area contributed by atoms with E-state index in [1.165, 1.54) is 11.1 Å². The lowest BCUT2D eigenvalue weighted by Gasteiger charge is -2.17. The summed E-state index contributed by atoms with van der Waals surface area (Å²) in [5.74, 6) is 1.23. The van der Waals surface area contributed by atoms with E-state index in [4.69, 9.17) is 9.26 Å². The van der Waals surface area contributed by atoms with Crippen molar-refractivity contribution in [1.29, 1.82) is 0 Å². The fourth-order valence-electron chi connectivity index (χ4n) is 2.31. The zero-order valence-electron chi connectivity index (χ0n) is 13.3. The molecule has 1 aromatic heterocycles. The molecule has 1 aromatic carbocycles. The van der Waals surface area contributed by atoms with E-state index < -0.39 is 6.10 Å². The Hall–Kier alpha value is -1.76. The Morgan fingerprint density at radius 3 is 2.86 bits per heavy atom. The summed E-state index contributed by atoms with van der Waals surface area (Å²) in [4.78, 5) is 6.33. The van der Waals surface area contributed by atoms with Gasteiger partial charge in [0.05, 0.1) is 19.3 Å². The van der Waals surface area contributed by atoms with Gasteiger partial charge in [-0.3, -0.25) is 4.90 Å². The van der Waals surface area contributed by atoms with E-state index in [0.29, 0.717) is 37.8 Å². The van der Waals surface area contributed by atoms with Gasteiger partial charge >= 0.3 is 0 Å². The first-order valence-corrected chi connectivity index (χ1v) is 7.30. The quantitative estimate of drug-likeness (QED) is 0.795. The summed E-state index contributed by atoms with van der Waals surface area (Å²) in [6, 6.07) is 8.16. The number of benzene rings is 1. The fraction of sp³-hybridized carbons (Fsp3) is 0.500. The number of rotatable bonds is 8. The summed E-state index contributed by atoms with van der Waals surface area (Å²) in [5.41, 5.74) is 2.41. The maximum Gasteiger partial charge on any atom is 0.240 e. The number of aryl methyl sites for hydroxylation is 1. The van der Waals surface area contributed by atoms with Crippen LogP contribution in [-0.2, 0) is 17.7 Å². The average molecular weight is 305 g/mol. The van der Waals surface area contributed by atoms with Crippen molar-refractivity contribution < 1.29 is 14.4 Å². The normalized spacial score (nSPS) is 12.8. The minimum absolute atomic E-state index is 0.312. The lowest BCUT2D eigenvalue weighted by Crippen LogP contribution is -2.31. The van der Waals surface area contributed by atoms with Crippen molar-refractivity contribution in [3.05, 3.63) is 47.1 Å². The molecule has 0 fully saturated rings. The molecule has 22 heavy (non-hydrogen) atoms. The number of hydrogen-bond donors (Lipinski definition) is 1. The summed E-state index contributed by atoms with van der Waals surface area (Å²) in [7, 11) is 3.46. The van der Waals surface area contributed by atoms with Gasteiger partial charge in [-0.1, -0.05) is 29.4 Å². The van der Waals surface area contributed by atoms with Gasteiger partial charge in [0, 0.05) is 20.1 Å². The summed E-state index contributed by atoms with van der Waals surface area (Å²) in [6.07, 6.45) is 0.135. The van der Waals surface area contributed by atoms with Crippen LogP contribution in [-0.4, -0.2) is 53.6 Å². The predicted octanol–water partition coefficient (Wildman–Crippen LogP) is 1.41. The van der Waals surface area contributed by atoms with E-state index >= 15 is 0 Å². The van der Waals surface area contributed by atoms with Gasteiger partial charge < -0.3 is 14.4 Å². The van der Waals surface area contributed by atoms with Crippen molar-refractivity contribution in [2.45, 2.75) is 26.0 Å². The maximum atomic E-state index is 9.69. The minimum atomic E-state index is -0.524. The number of aromatic nitrogens is 2. The predicted molar refractivity (Wildman–Crippen MR) is 82.5 cm³/mol. The molecule has 2 aromatic rings. The van der Waals surface area contributed by atoms with Crippen molar-refractivity contribution in [1.82, 2.24) is 15.0 Å². The topological polar surface area (TPSA) is 71.6 Å². The van der Waals surface area contributed by atoms with Crippen LogP contribution in [0.25, 0.3) is 0 Å². The van der Waals surface area contributed by atoms with Crippen molar-refractivity contribution in [2.75, 3.05) is 27.3 Å². The first-order chi connectivity index (χ1) is 10.6. The van der Waals surface area contributed by atoms with E-state index in [-0.39, 0.29) is 0 Å². The van der Waals surface area contributed by atoms with E-state index in [2.05, 4.69) is 29.2 Å². The number of aliphatic hydroxyl groups is 1. The zero-order valence-corrected chi connectivity index (χ0v) is 13.3. The van der Waals surface area contributed by atoms with Gasteiger partial charge in [0.25, 0.3) is 0 Å². The molecule has 1 N–H and O–H groups in total. The highest BCUT2D eigenvalue weighted by Gasteiger charge is 2.13. The molecule has 1 unspecified atom stereocenters. The van der Waals surface area contributed by atoms with E-state index in [9.17, 15) is 5.11 Å². The van der Waals surface area contributed by atoms with Gasteiger partial charge in [-0.25, -0.2) is 0 Å². The van der Waals surface area contributed by atoms with Crippen LogP contribution in [0, 0.1) is 6.92 Å². The molecule has 120 valence electrons. The molecule has 0 bridgehead atoms. The molecular formula is C16H23N3O3. The highest BCUT2D eigenvalue weighted by atomic mass is 16.5. The molecule has 0 radical (unpaired) electrons. The Morgan fingerprint density at radius 1 is 1.36 bits per heavy atom. The smallest absolute Gasteiger partial charge is 0.240 e. The molecule has 0 saturated heterocycles. The third-order valence-electron chi connectivity index (χ3n) is 3.41. The monoisotopic (exact) mass is 305 g/mol. The summed E-state index contributed by atoms with van der Waals surface area (Å²) >= 11 is 0. The van der Waals surface area contributed by atoms with Crippen molar-refractivity contribution in [2.24, 2.45) is 0 Å². The van der Waals surface area contributed by atoms with Crippen LogP contribution >= 0.6 is 0 Å². The van der Waals surface area contributed by atoms with Gasteiger partial charge in [-0.2, -0.15) is 4.98 Å². The van der Waals surface area contributed by atoms with Gasteiger partial charge in [0.2, 0.25) is 5.89 Å². The molecule has 1 atom stereocenters. The van der Waals surface area contributed by atoms with Gasteiger partial charge in [0.15, 0.2) is 5.82 Å². The molecule has 6 nitrogen and oxygen atoms in total. The second-order valence-corrected chi connectivity index (χ2v) is 5.51. The first-order valence-electron chi connectivity index (χ1n) is 7.30. The minimum Gasteiger partial charge on any atom is -0.389 e. The van der Waals surface area contributed by atoms with Gasteiger partial charge in [-0.05, 0) is 25.1 Å². The number of likely N-dealkylation sites (N-methyl/N-ethyl adjacent to an activating group) is 1. The standard InChI is InChI=1S/C16H23N3O3/c1-12-6-4-5-7-13(12)8-15-17-16(22-18-15)10-19(2)9-14(20)11-21-3/h4-7,14,20H,8-11H2,1-3H3. The number of ether oxygens (including phenoxy) is 1. The van der Waals surface area contributed by atoms with Crippen LogP contribution < -0.4 is 0 Å². The molecule has 0 spiro atoms.